The normalized spacial score (nSPS) is 16.9. The van der Waals surface area contributed by atoms with Gasteiger partial charge in [0.05, 0.1) is 13.2 Å². The first-order chi connectivity index (χ1) is 15.1. The maximum atomic E-state index is 12.8. The maximum absolute atomic E-state index is 12.8. The monoisotopic (exact) mass is 450 g/mol. The number of anilines is 1. The lowest BCUT2D eigenvalue weighted by molar-refractivity contribution is -0.169. The van der Waals surface area contributed by atoms with Gasteiger partial charge in [-0.05, 0) is 37.0 Å². The minimum atomic E-state index is -1.34. The molecule has 1 aromatic carbocycles. The van der Waals surface area contributed by atoms with Gasteiger partial charge in [-0.25, -0.2) is 9.59 Å². The zero-order valence-corrected chi connectivity index (χ0v) is 19.2. The van der Waals surface area contributed by atoms with Crippen LogP contribution in [-0.4, -0.2) is 84.6 Å². The number of aliphatic carboxylic acids is 1. The molecule has 3 atom stereocenters. The SMILES string of the molecule is CC(C)C[C@@H](C(=O)O[C@H](C)C(=O)O)N(C)C(=O)[C@H](O)Cc1ccc(N2CCOCC2)cc1. The van der Waals surface area contributed by atoms with Crippen molar-refractivity contribution < 1.29 is 34.1 Å². The van der Waals surface area contributed by atoms with Crippen LogP contribution in [0, 0.1) is 5.92 Å². The summed E-state index contributed by atoms with van der Waals surface area (Å²) >= 11 is 0. The molecule has 0 unspecified atom stereocenters. The van der Waals surface area contributed by atoms with Gasteiger partial charge in [0.1, 0.15) is 12.1 Å². The van der Waals surface area contributed by atoms with Crippen LogP contribution in [0.1, 0.15) is 32.8 Å². The lowest BCUT2D eigenvalue weighted by Gasteiger charge is -2.30. The number of hydrogen-bond donors (Lipinski definition) is 2. The number of hydrogen-bond acceptors (Lipinski definition) is 7. The fourth-order valence-electron chi connectivity index (χ4n) is 3.53. The molecule has 1 aliphatic rings. The first kappa shape index (κ1) is 25.6. The van der Waals surface area contributed by atoms with Crippen molar-refractivity contribution in [1.29, 1.82) is 0 Å². The average molecular weight is 451 g/mol. The Labute approximate surface area is 188 Å². The van der Waals surface area contributed by atoms with E-state index in [1.165, 1.54) is 14.0 Å². The molecule has 1 fully saturated rings. The smallest absolute Gasteiger partial charge is 0.344 e. The molecule has 1 amide bonds. The van der Waals surface area contributed by atoms with Crippen LogP contribution in [0.5, 0.6) is 0 Å². The Kier molecular flexibility index (Phi) is 9.46. The van der Waals surface area contributed by atoms with Crippen LogP contribution in [0.4, 0.5) is 5.69 Å². The Morgan fingerprint density at radius 2 is 1.72 bits per heavy atom. The van der Waals surface area contributed by atoms with E-state index in [2.05, 4.69) is 4.90 Å². The molecule has 0 aromatic heterocycles. The largest absolute Gasteiger partial charge is 0.479 e. The van der Waals surface area contributed by atoms with Gasteiger partial charge in [-0.1, -0.05) is 26.0 Å². The van der Waals surface area contributed by atoms with Crippen LogP contribution < -0.4 is 4.90 Å². The van der Waals surface area contributed by atoms with Gasteiger partial charge in [-0.3, -0.25) is 4.79 Å². The van der Waals surface area contributed by atoms with Crippen LogP contribution >= 0.6 is 0 Å². The molecule has 1 aliphatic heterocycles. The van der Waals surface area contributed by atoms with Crippen LogP contribution in [0.2, 0.25) is 0 Å². The standard InChI is InChI=1S/C23H34N2O7/c1-15(2)13-19(23(30)32-16(3)22(28)29)24(4)21(27)20(26)14-17-5-7-18(8-6-17)25-9-11-31-12-10-25/h5-8,15-16,19-20,26H,9-14H2,1-4H3,(H,28,29)/t16-,19+,20-/m1/s1. The number of ether oxygens (including phenoxy) is 2. The Bertz CT molecular complexity index is 775. The summed E-state index contributed by atoms with van der Waals surface area (Å²) in [6.07, 6.45) is -2.28. The first-order valence-corrected chi connectivity index (χ1v) is 10.9. The number of carbonyl (C=O) groups is 3. The maximum Gasteiger partial charge on any atom is 0.344 e. The predicted molar refractivity (Wildman–Crippen MR) is 118 cm³/mol. The molecule has 178 valence electrons. The molecule has 1 aromatic rings. The Balaban J connectivity index is 2.02. The second kappa shape index (κ2) is 11.8. The van der Waals surface area contributed by atoms with E-state index in [-0.39, 0.29) is 18.8 Å². The first-order valence-electron chi connectivity index (χ1n) is 10.9. The third-order valence-corrected chi connectivity index (χ3v) is 5.45. The third-order valence-electron chi connectivity index (χ3n) is 5.45. The van der Waals surface area contributed by atoms with Crippen LogP contribution in [0.15, 0.2) is 24.3 Å². The molecular formula is C23H34N2O7. The van der Waals surface area contributed by atoms with E-state index >= 15 is 0 Å². The number of benzene rings is 1. The van der Waals surface area contributed by atoms with E-state index in [1.54, 1.807) is 0 Å². The van der Waals surface area contributed by atoms with Crippen LogP contribution in [0.3, 0.4) is 0 Å². The van der Waals surface area contributed by atoms with Crippen LogP contribution in [-0.2, 0) is 30.3 Å². The highest BCUT2D eigenvalue weighted by atomic mass is 16.6. The minimum Gasteiger partial charge on any atom is -0.479 e. The number of likely N-dealkylation sites (N-methyl/N-ethyl adjacent to an activating group) is 1. The second-order valence-electron chi connectivity index (χ2n) is 8.50. The molecule has 0 spiro atoms. The molecule has 9 heteroatoms. The van der Waals surface area contributed by atoms with E-state index in [9.17, 15) is 19.5 Å². The number of aliphatic hydroxyl groups excluding tert-OH is 1. The van der Waals surface area contributed by atoms with Crippen molar-refractivity contribution in [3.63, 3.8) is 0 Å². The van der Waals surface area contributed by atoms with Gasteiger partial charge < -0.3 is 29.5 Å². The van der Waals surface area contributed by atoms with E-state index < -0.39 is 36.1 Å². The molecular weight excluding hydrogens is 416 g/mol. The van der Waals surface area contributed by atoms with Crippen molar-refractivity contribution in [2.24, 2.45) is 5.92 Å². The second-order valence-corrected chi connectivity index (χ2v) is 8.50. The summed E-state index contributed by atoms with van der Waals surface area (Å²) in [5.41, 5.74) is 1.85. The quantitative estimate of drug-likeness (QED) is 0.513. The number of amides is 1. The molecule has 9 nitrogen and oxygen atoms in total. The summed E-state index contributed by atoms with van der Waals surface area (Å²) in [6.45, 7) is 8.03. The zero-order chi connectivity index (χ0) is 23.8. The van der Waals surface area contributed by atoms with E-state index in [0.717, 1.165) is 29.2 Å². The van der Waals surface area contributed by atoms with Gasteiger partial charge in [0.15, 0.2) is 6.10 Å². The molecule has 0 bridgehead atoms. The van der Waals surface area contributed by atoms with Gasteiger partial charge in [0.2, 0.25) is 0 Å². The van der Waals surface area contributed by atoms with Gasteiger partial charge in [-0.2, -0.15) is 0 Å². The van der Waals surface area contributed by atoms with Crippen molar-refractivity contribution in [1.82, 2.24) is 4.90 Å². The van der Waals surface area contributed by atoms with Crippen molar-refractivity contribution in [2.45, 2.75) is 51.9 Å². The van der Waals surface area contributed by atoms with E-state index in [1.807, 2.05) is 38.1 Å². The highest BCUT2D eigenvalue weighted by molar-refractivity contribution is 5.88. The molecule has 1 heterocycles. The average Bonchev–Trinajstić information content (AvgIpc) is 2.77. The number of morpholine rings is 1. The lowest BCUT2D eigenvalue weighted by atomic mass is 10.0. The number of nitrogens with zero attached hydrogens (tertiary/aromatic N) is 2. The fourth-order valence-corrected chi connectivity index (χ4v) is 3.53. The molecule has 0 radical (unpaired) electrons. The summed E-state index contributed by atoms with van der Waals surface area (Å²) in [5.74, 6) is -2.64. The van der Waals surface area contributed by atoms with Crippen molar-refractivity contribution in [2.75, 3.05) is 38.3 Å². The molecule has 2 N–H and O–H groups in total. The minimum absolute atomic E-state index is 0.0489. The number of carbonyl (C=O) groups excluding carboxylic acids is 2. The molecule has 1 saturated heterocycles. The molecule has 0 saturated carbocycles. The van der Waals surface area contributed by atoms with Gasteiger partial charge in [0.25, 0.3) is 5.91 Å². The topological polar surface area (TPSA) is 117 Å². The predicted octanol–water partition coefficient (Wildman–Crippen LogP) is 1.32. The third kappa shape index (κ3) is 7.20. The highest BCUT2D eigenvalue weighted by Crippen LogP contribution is 2.19. The van der Waals surface area contributed by atoms with Gasteiger partial charge in [0, 0.05) is 32.2 Å². The summed E-state index contributed by atoms with van der Waals surface area (Å²) in [5, 5.41) is 19.5. The summed E-state index contributed by atoms with van der Waals surface area (Å²) < 4.78 is 10.3. The van der Waals surface area contributed by atoms with E-state index in [4.69, 9.17) is 14.6 Å². The van der Waals surface area contributed by atoms with Crippen LogP contribution in [0.25, 0.3) is 0 Å². The number of esters is 1. The van der Waals surface area contributed by atoms with Crippen molar-refractivity contribution in [3.05, 3.63) is 29.8 Å². The lowest BCUT2D eigenvalue weighted by Crippen LogP contribution is -2.49. The molecule has 2 rings (SSSR count). The Morgan fingerprint density at radius 3 is 2.25 bits per heavy atom. The van der Waals surface area contributed by atoms with E-state index in [0.29, 0.717) is 13.2 Å². The number of rotatable bonds is 10. The number of carboxylic acid groups (broad SMARTS) is 1. The Hall–Kier alpha value is -2.65. The number of aliphatic hydroxyl groups is 1. The number of carboxylic acids is 1. The Morgan fingerprint density at radius 1 is 1.12 bits per heavy atom. The summed E-state index contributed by atoms with van der Waals surface area (Å²) in [4.78, 5) is 39.8. The molecule has 32 heavy (non-hydrogen) atoms. The zero-order valence-electron chi connectivity index (χ0n) is 19.2. The summed E-state index contributed by atoms with van der Waals surface area (Å²) in [6, 6.07) is 6.66. The fraction of sp³-hybridized carbons (Fsp3) is 0.609. The van der Waals surface area contributed by atoms with Crippen molar-refractivity contribution in [3.8, 4) is 0 Å². The summed E-state index contributed by atoms with van der Waals surface area (Å²) in [7, 11) is 1.42. The van der Waals surface area contributed by atoms with Gasteiger partial charge >= 0.3 is 11.9 Å². The van der Waals surface area contributed by atoms with Gasteiger partial charge in [-0.15, -0.1) is 0 Å². The highest BCUT2D eigenvalue weighted by Gasteiger charge is 2.33. The molecule has 0 aliphatic carbocycles. The van der Waals surface area contributed by atoms with Crippen molar-refractivity contribution >= 4 is 23.5 Å².